The quantitative estimate of drug-likeness (QED) is 0.108. The van der Waals surface area contributed by atoms with Gasteiger partial charge in [-0.25, -0.2) is 4.98 Å². The number of rotatable bonds is 15. The molecule has 4 aromatic carbocycles. The van der Waals surface area contributed by atoms with E-state index in [9.17, 15) is 17.7 Å². The number of nitrogens with zero attached hydrogens (tertiary/aromatic N) is 2. The molecule has 0 spiro atoms. The number of imidazole rings is 1. The highest BCUT2D eigenvalue weighted by Crippen LogP contribution is 2.51. The molecule has 2 heterocycles. The van der Waals surface area contributed by atoms with Gasteiger partial charge in [0.25, 0.3) is 0 Å². The Labute approximate surface area is 296 Å². The lowest BCUT2D eigenvalue weighted by molar-refractivity contribution is -0.274. The molecule has 0 saturated carbocycles. The molecule has 1 N–H and O–H groups in total. The number of alkyl halides is 3. The fourth-order valence-corrected chi connectivity index (χ4v) is 8.28. The van der Waals surface area contributed by atoms with Crippen LogP contribution >= 0.6 is 7.60 Å². The van der Waals surface area contributed by atoms with Gasteiger partial charge in [-0.3, -0.25) is 9.46 Å². The fourth-order valence-electron chi connectivity index (χ4n) is 6.59. The number of benzene rings is 4. The lowest BCUT2D eigenvalue weighted by atomic mass is 9.89. The molecule has 1 aliphatic heterocycles. The Hall–Kier alpha value is -4.15. The molecule has 6 rings (SSSR count). The van der Waals surface area contributed by atoms with Crippen LogP contribution in [0.25, 0.3) is 22.4 Å². The third kappa shape index (κ3) is 10.2. The number of halogens is 3. The van der Waals surface area contributed by atoms with Crippen LogP contribution < -0.4 is 9.47 Å². The normalized spacial score (nSPS) is 14.6. The van der Waals surface area contributed by atoms with Gasteiger partial charge >= 0.3 is 14.0 Å². The third-order valence-corrected chi connectivity index (χ3v) is 11.0. The van der Waals surface area contributed by atoms with Gasteiger partial charge in [0, 0.05) is 12.1 Å². The molecule has 1 aromatic heterocycles. The molecule has 5 aromatic rings. The Bertz CT molecular complexity index is 1950. The number of hydrogen-bond donors (Lipinski definition) is 1. The molecule has 0 amide bonds. The monoisotopic (exact) mass is 721 g/mol. The maximum Gasteiger partial charge on any atom is 0.573 e. The predicted molar refractivity (Wildman–Crippen MR) is 192 cm³/mol. The molecule has 1 fully saturated rings. The topological polar surface area (TPSA) is 85.9 Å². The molecule has 8 nitrogen and oxygen atoms in total. The van der Waals surface area contributed by atoms with Crippen LogP contribution in [0.2, 0.25) is 0 Å². The molecule has 51 heavy (non-hydrogen) atoms. The number of likely N-dealkylation sites (tertiary alicyclic amines) is 1. The van der Waals surface area contributed by atoms with Crippen molar-refractivity contribution in [1.29, 1.82) is 0 Å². The van der Waals surface area contributed by atoms with E-state index in [1.165, 1.54) is 23.8 Å². The highest BCUT2D eigenvalue weighted by Gasteiger charge is 2.31. The van der Waals surface area contributed by atoms with Crippen molar-refractivity contribution in [2.75, 3.05) is 26.3 Å². The Morgan fingerprint density at radius 1 is 0.863 bits per heavy atom. The fraction of sp³-hybridized carbons (Fsp3) is 0.359. The summed E-state index contributed by atoms with van der Waals surface area (Å²) >= 11 is 0. The molecule has 0 bridgehead atoms. The first-order valence-electron chi connectivity index (χ1n) is 17.3. The summed E-state index contributed by atoms with van der Waals surface area (Å²) in [5.74, 6) is 1.62. The van der Waals surface area contributed by atoms with Crippen LogP contribution in [0.5, 0.6) is 11.5 Å². The minimum Gasteiger partial charge on any atom is -0.489 e. The van der Waals surface area contributed by atoms with E-state index in [0.717, 1.165) is 72.4 Å². The van der Waals surface area contributed by atoms with Crippen molar-refractivity contribution in [2.45, 2.75) is 58.8 Å². The summed E-state index contributed by atoms with van der Waals surface area (Å²) in [5, 5.41) is 0. The van der Waals surface area contributed by atoms with E-state index in [2.05, 4.69) is 43.9 Å². The molecular weight excluding hydrogens is 678 g/mol. The maximum atomic E-state index is 13.0. The molecule has 1 saturated heterocycles. The number of aromatic nitrogens is 2. The molecule has 1 aliphatic rings. The highest BCUT2D eigenvalue weighted by molar-refractivity contribution is 7.53. The number of hydrogen-bond acceptors (Lipinski definition) is 7. The van der Waals surface area contributed by atoms with Crippen LogP contribution in [0.1, 0.15) is 48.9 Å². The summed E-state index contributed by atoms with van der Waals surface area (Å²) in [6.07, 6.45) is -1.45. The van der Waals surface area contributed by atoms with Crippen LogP contribution in [-0.2, 0) is 39.3 Å². The third-order valence-electron chi connectivity index (χ3n) is 8.90. The molecule has 0 atom stereocenters. The van der Waals surface area contributed by atoms with Crippen molar-refractivity contribution >= 4 is 18.6 Å². The van der Waals surface area contributed by atoms with Crippen molar-refractivity contribution in [3.8, 4) is 22.9 Å². The second kappa shape index (κ2) is 16.5. The van der Waals surface area contributed by atoms with Gasteiger partial charge < -0.3 is 23.5 Å². The first kappa shape index (κ1) is 36.6. The SMILES string of the molecule is CCOP(=O)(Cc1cccc(COc2ccccc2CC2CCN(Cc3ccc4nc(-c5cccc(OC(F)(F)F)c5)[nH]c4c3)CC2)c1)OCC. The van der Waals surface area contributed by atoms with Crippen molar-refractivity contribution in [2.24, 2.45) is 5.92 Å². The van der Waals surface area contributed by atoms with Crippen LogP contribution in [0, 0.1) is 5.92 Å². The van der Waals surface area contributed by atoms with E-state index >= 15 is 0 Å². The van der Waals surface area contributed by atoms with Crippen LogP contribution in [0.3, 0.4) is 0 Å². The molecule has 0 unspecified atom stereocenters. The van der Waals surface area contributed by atoms with Crippen molar-refractivity contribution < 1.29 is 36.3 Å². The minimum atomic E-state index is -4.76. The van der Waals surface area contributed by atoms with Crippen LogP contribution in [-0.4, -0.2) is 47.5 Å². The summed E-state index contributed by atoms with van der Waals surface area (Å²) in [7, 11) is -3.20. The van der Waals surface area contributed by atoms with Crippen molar-refractivity contribution in [3.05, 3.63) is 113 Å². The predicted octanol–water partition coefficient (Wildman–Crippen LogP) is 9.93. The average molecular weight is 722 g/mol. The second-order valence-corrected chi connectivity index (χ2v) is 14.8. The van der Waals surface area contributed by atoms with Gasteiger partial charge in [-0.05, 0) is 105 Å². The van der Waals surface area contributed by atoms with E-state index in [-0.39, 0.29) is 11.9 Å². The molecule has 0 aliphatic carbocycles. The van der Waals surface area contributed by atoms with E-state index < -0.39 is 14.0 Å². The number of ether oxygens (including phenoxy) is 2. The van der Waals surface area contributed by atoms with Gasteiger partial charge in [-0.15, -0.1) is 13.2 Å². The number of H-pyrrole nitrogens is 1. The summed E-state index contributed by atoms with van der Waals surface area (Å²) in [6, 6.07) is 28.0. The highest BCUT2D eigenvalue weighted by atomic mass is 31.2. The Kier molecular flexibility index (Phi) is 11.8. The first-order valence-corrected chi connectivity index (χ1v) is 19.0. The Balaban J connectivity index is 1.02. The minimum absolute atomic E-state index is 0.221. The van der Waals surface area contributed by atoms with Gasteiger partial charge in [0.15, 0.2) is 0 Å². The molecule has 0 radical (unpaired) electrons. The zero-order valence-electron chi connectivity index (χ0n) is 28.8. The van der Waals surface area contributed by atoms with Gasteiger partial charge in [-0.1, -0.05) is 60.7 Å². The molecule has 12 heteroatoms. The number of fused-ring (bicyclic) bond motifs is 1. The van der Waals surface area contributed by atoms with Crippen molar-refractivity contribution in [3.63, 3.8) is 0 Å². The Morgan fingerprint density at radius 2 is 1.61 bits per heavy atom. The van der Waals surface area contributed by atoms with E-state index in [4.69, 9.17) is 13.8 Å². The number of para-hydroxylation sites is 1. The van der Waals surface area contributed by atoms with Crippen LogP contribution in [0.4, 0.5) is 13.2 Å². The zero-order valence-corrected chi connectivity index (χ0v) is 29.7. The Morgan fingerprint density at radius 3 is 2.37 bits per heavy atom. The first-order chi connectivity index (χ1) is 24.6. The van der Waals surface area contributed by atoms with Gasteiger partial charge in [0.1, 0.15) is 23.9 Å². The zero-order chi connectivity index (χ0) is 35.8. The summed E-state index contributed by atoms with van der Waals surface area (Å²) < 4.78 is 72.5. The van der Waals surface area contributed by atoms with Crippen molar-refractivity contribution in [1.82, 2.24) is 14.9 Å². The summed E-state index contributed by atoms with van der Waals surface area (Å²) in [4.78, 5) is 10.3. The summed E-state index contributed by atoms with van der Waals surface area (Å²) in [6.45, 7) is 7.44. The van der Waals surface area contributed by atoms with Gasteiger partial charge in [-0.2, -0.15) is 0 Å². The van der Waals surface area contributed by atoms with E-state index in [1.807, 2.05) is 56.3 Å². The average Bonchev–Trinajstić information content (AvgIpc) is 3.52. The molecule has 270 valence electrons. The van der Waals surface area contributed by atoms with Gasteiger partial charge in [0.05, 0.1) is 30.4 Å². The second-order valence-electron chi connectivity index (χ2n) is 12.8. The van der Waals surface area contributed by atoms with E-state index in [1.54, 1.807) is 6.07 Å². The molecular formula is C39H43F3N3O5P. The largest absolute Gasteiger partial charge is 0.573 e. The van der Waals surface area contributed by atoms with E-state index in [0.29, 0.717) is 37.1 Å². The standard InChI is InChI=1S/C39H43F3N3O5P/c1-3-48-51(46,49-4-2)27-31-10-7-9-30(21-31)26-47-37-14-6-5-11-32(37)22-28-17-19-45(20-18-28)25-29-15-16-35-36(23-29)44-38(43-35)33-12-8-13-34(24-33)50-39(40,41)42/h5-16,21,23-24,28H,3-4,17-20,22,25-27H2,1-2H3,(H,43,44). The summed E-state index contributed by atoms with van der Waals surface area (Å²) in [5.41, 5.74) is 6.31. The number of aromatic amines is 1. The smallest absolute Gasteiger partial charge is 0.489 e. The number of nitrogens with one attached hydrogen (secondary N) is 1. The lowest BCUT2D eigenvalue weighted by Gasteiger charge is -2.32. The lowest BCUT2D eigenvalue weighted by Crippen LogP contribution is -2.33. The van der Waals surface area contributed by atoms with Crippen LogP contribution in [0.15, 0.2) is 91.0 Å². The van der Waals surface area contributed by atoms with Gasteiger partial charge in [0.2, 0.25) is 0 Å². The number of piperidine rings is 1. The maximum absolute atomic E-state index is 13.0.